The molecular weight excluding hydrogens is 296 g/mol. The number of ketones is 1. The van der Waals surface area contributed by atoms with Crippen LogP contribution in [0.25, 0.3) is 22.2 Å². The van der Waals surface area contributed by atoms with Crippen LogP contribution in [0.4, 0.5) is 5.69 Å². The molecule has 1 aromatic carbocycles. The van der Waals surface area contributed by atoms with Crippen LogP contribution in [0.15, 0.2) is 45.9 Å². The summed E-state index contributed by atoms with van der Waals surface area (Å²) in [5, 5.41) is 4.28. The summed E-state index contributed by atoms with van der Waals surface area (Å²) in [5.74, 6) is 0.0642. The summed E-state index contributed by atoms with van der Waals surface area (Å²) in [6.45, 7) is 0.645. The van der Waals surface area contributed by atoms with Crippen LogP contribution in [0.5, 0.6) is 0 Å². The molecule has 3 aromatic rings. The van der Waals surface area contributed by atoms with Crippen LogP contribution in [0.1, 0.15) is 16.9 Å². The first-order valence-corrected chi connectivity index (χ1v) is 8.33. The molecule has 5 heteroatoms. The summed E-state index contributed by atoms with van der Waals surface area (Å²) in [7, 11) is 0. The van der Waals surface area contributed by atoms with Crippen molar-refractivity contribution in [2.24, 2.45) is 0 Å². The van der Waals surface area contributed by atoms with Gasteiger partial charge in [-0.1, -0.05) is 12.1 Å². The zero-order valence-electron chi connectivity index (χ0n) is 12.1. The zero-order chi connectivity index (χ0) is 15.1. The van der Waals surface area contributed by atoms with Crippen LogP contribution >= 0.6 is 11.8 Å². The van der Waals surface area contributed by atoms with Gasteiger partial charge in [-0.15, -0.1) is 11.8 Å². The number of anilines is 1. The van der Waals surface area contributed by atoms with Crippen molar-refractivity contribution in [2.45, 2.75) is 11.3 Å². The molecule has 110 valence electrons. The lowest BCUT2D eigenvalue weighted by atomic mass is 9.96. The van der Waals surface area contributed by atoms with Gasteiger partial charge in [-0.3, -0.25) is 4.79 Å². The number of rotatable bonds is 2. The van der Waals surface area contributed by atoms with Crippen LogP contribution in [-0.4, -0.2) is 23.6 Å². The number of carbonyl (C=O) groups is 1. The van der Waals surface area contributed by atoms with Crippen molar-refractivity contribution in [1.82, 2.24) is 4.98 Å². The maximum absolute atomic E-state index is 12.2. The monoisotopic (exact) mass is 310 g/mol. The summed E-state index contributed by atoms with van der Waals surface area (Å²) >= 11 is 1.70. The van der Waals surface area contributed by atoms with E-state index in [-0.39, 0.29) is 5.78 Å². The Labute approximate surface area is 131 Å². The summed E-state index contributed by atoms with van der Waals surface area (Å²) in [6.07, 6.45) is 4.14. The van der Waals surface area contributed by atoms with Crippen molar-refractivity contribution >= 4 is 34.3 Å². The van der Waals surface area contributed by atoms with Crippen molar-refractivity contribution in [3.05, 3.63) is 42.3 Å². The number of carbonyl (C=O) groups excluding carboxylic acids is 1. The van der Waals surface area contributed by atoms with Crippen molar-refractivity contribution < 1.29 is 9.21 Å². The third kappa shape index (κ3) is 2.01. The Morgan fingerprint density at radius 3 is 3.09 bits per heavy atom. The van der Waals surface area contributed by atoms with Gasteiger partial charge in [0.2, 0.25) is 5.71 Å². The van der Waals surface area contributed by atoms with Crippen LogP contribution < -0.4 is 5.32 Å². The molecule has 4 rings (SSSR count). The number of nitrogens with one attached hydrogen (secondary N) is 1. The van der Waals surface area contributed by atoms with Crippen molar-refractivity contribution in [1.29, 1.82) is 0 Å². The van der Waals surface area contributed by atoms with E-state index in [4.69, 9.17) is 4.42 Å². The Morgan fingerprint density at radius 1 is 1.32 bits per heavy atom. The molecule has 0 radical (unpaired) electrons. The van der Waals surface area contributed by atoms with E-state index in [1.54, 1.807) is 18.0 Å². The van der Waals surface area contributed by atoms with Gasteiger partial charge >= 0.3 is 0 Å². The van der Waals surface area contributed by atoms with Crippen LogP contribution in [0.2, 0.25) is 0 Å². The second kappa shape index (κ2) is 5.18. The molecule has 2 aromatic heterocycles. The van der Waals surface area contributed by atoms with E-state index in [2.05, 4.69) is 34.8 Å². The Hall–Kier alpha value is -2.27. The predicted octanol–water partition coefficient (Wildman–Crippen LogP) is 4.22. The minimum Gasteiger partial charge on any atom is -0.446 e. The Kier molecular flexibility index (Phi) is 3.15. The highest BCUT2D eigenvalue weighted by Gasteiger charge is 2.25. The highest BCUT2D eigenvalue weighted by Crippen LogP contribution is 2.39. The molecule has 1 aliphatic rings. The van der Waals surface area contributed by atoms with Crippen molar-refractivity contribution in [3.8, 4) is 11.1 Å². The number of Topliss-reactive ketones (excluding diaryl/α,β-unsaturated/α-hetero) is 1. The van der Waals surface area contributed by atoms with Crippen molar-refractivity contribution in [3.63, 3.8) is 0 Å². The summed E-state index contributed by atoms with van der Waals surface area (Å²) < 4.78 is 5.45. The van der Waals surface area contributed by atoms with Crippen LogP contribution in [-0.2, 0) is 0 Å². The molecule has 22 heavy (non-hydrogen) atoms. The molecule has 0 fully saturated rings. The van der Waals surface area contributed by atoms with Gasteiger partial charge in [0.05, 0.1) is 17.3 Å². The largest absolute Gasteiger partial charge is 0.446 e. The van der Waals surface area contributed by atoms with Gasteiger partial charge in [-0.2, -0.15) is 0 Å². The van der Waals surface area contributed by atoms with E-state index in [1.165, 1.54) is 4.90 Å². The zero-order valence-corrected chi connectivity index (χ0v) is 12.9. The topological polar surface area (TPSA) is 55.1 Å². The molecule has 1 N–H and O–H groups in total. The molecule has 0 bridgehead atoms. The Morgan fingerprint density at radius 2 is 2.23 bits per heavy atom. The molecule has 0 amide bonds. The highest BCUT2D eigenvalue weighted by molar-refractivity contribution is 7.98. The van der Waals surface area contributed by atoms with E-state index in [1.807, 2.05) is 12.1 Å². The molecule has 3 heterocycles. The lowest BCUT2D eigenvalue weighted by Gasteiger charge is -2.20. The number of furan rings is 1. The Bertz CT molecular complexity index is 885. The van der Waals surface area contributed by atoms with Crippen molar-refractivity contribution in [2.75, 3.05) is 18.1 Å². The second-order valence-electron chi connectivity index (χ2n) is 5.18. The minimum absolute atomic E-state index is 0.0642. The average Bonchev–Trinajstić information content (AvgIpc) is 3.01. The van der Waals surface area contributed by atoms with Gasteiger partial charge in [-0.05, 0) is 30.0 Å². The average molecular weight is 310 g/mol. The smallest absolute Gasteiger partial charge is 0.227 e. The van der Waals surface area contributed by atoms with Crippen LogP contribution in [0.3, 0.4) is 0 Å². The van der Waals surface area contributed by atoms with Gasteiger partial charge in [0.15, 0.2) is 5.78 Å². The number of benzene rings is 1. The summed E-state index contributed by atoms with van der Waals surface area (Å²) in [6, 6.07) is 10.2. The third-order valence-corrected chi connectivity index (χ3v) is 4.62. The van der Waals surface area contributed by atoms with Gasteiger partial charge in [0, 0.05) is 23.4 Å². The van der Waals surface area contributed by atoms with Gasteiger partial charge in [0.25, 0.3) is 0 Å². The summed E-state index contributed by atoms with van der Waals surface area (Å²) in [4.78, 5) is 17.8. The van der Waals surface area contributed by atoms with Gasteiger partial charge in [-0.25, -0.2) is 4.98 Å². The minimum atomic E-state index is 0.0642. The number of nitrogens with zero attached hydrogens (tertiary/aromatic N) is 1. The maximum atomic E-state index is 12.2. The lowest BCUT2D eigenvalue weighted by Crippen LogP contribution is -2.20. The fourth-order valence-electron chi connectivity index (χ4n) is 2.86. The second-order valence-corrected chi connectivity index (χ2v) is 6.06. The van der Waals surface area contributed by atoms with E-state index < -0.39 is 0 Å². The third-order valence-electron chi connectivity index (χ3n) is 3.89. The molecule has 0 saturated heterocycles. The molecule has 0 aliphatic carbocycles. The molecule has 0 spiro atoms. The number of hydrogen-bond acceptors (Lipinski definition) is 5. The Balaban J connectivity index is 2.06. The number of pyridine rings is 1. The molecule has 1 aliphatic heterocycles. The van der Waals surface area contributed by atoms with E-state index in [9.17, 15) is 4.79 Å². The standard InChI is InChI=1S/C17H14N2O2S/c1-22-11-4-2-3-10(9-11)14-12-6-8-21-17(12)19-15-13(20)5-7-18-16(14)15/h2-4,6,8-9,18H,5,7H2,1H3. The fraction of sp³-hybridized carbons (Fsp3) is 0.176. The number of fused-ring (bicyclic) bond motifs is 2. The van der Waals surface area contributed by atoms with E-state index >= 15 is 0 Å². The highest BCUT2D eigenvalue weighted by atomic mass is 32.2. The molecule has 0 unspecified atom stereocenters. The molecule has 4 nitrogen and oxygen atoms in total. The number of aromatic nitrogens is 1. The number of thioether (sulfide) groups is 1. The molecule has 0 saturated carbocycles. The van der Waals surface area contributed by atoms with E-state index in [0.29, 0.717) is 24.4 Å². The SMILES string of the molecule is CSc1cccc(-c2c3c(nc4occc24)C(=O)CCN3)c1. The van der Waals surface area contributed by atoms with Gasteiger partial charge < -0.3 is 9.73 Å². The lowest BCUT2D eigenvalue weighted by molar-refractivity contribution is 0.0979. The first-order valence-electron chi connectivity index (χ1n) is 7.10. The maximum Gasteiger partial charge on any atom is 0.227 e. The quantitative estimate of drug-likeness (QED) is 0.718. The first kappa shape index (κ1) is 13.4. The molecular formula is C17H14N2O2S. The number of hydrogen-bond donors (Lipinski definition) is 1. The normalized spacial score (nSPS) is 14.0. The first-order chi connectivity index (χ1) is 10.8. The fourth-order valence-corrected chi connectivity index (χ4v) is 3.32. The molecule has 0 atom stereocenters. The predicted molar refractivity (Wildman–Crippen MR) is 88.7 cm³/mol. The summed E-state index contributed by atoms with van der Waals surface area (Å²) in [5.41, 5.74) is 3.89. The van der Waals surface area contributed by atoms with Crippen LogP contribution in [0, 0.1) is 0 Å². The van der Waals surface area contributed by atoms with E-state index in [0.717, 1.165) is 22.2 Å². The van der Waals surface area contributed by atoms with Gasteiger partial charge in [0.1, 0.15) is 5.69 Å².